The summed E-state index contributed by atoms with van der Waals surface area (Å²) in [6.45, 7) is 6.49. The fourth-order valence-electron chi connectivity index (χ4n) is 8.79. The van der Waals surface area contributed by atoms with Crippen LogP contribution in [0.15, 0.2) is 97.2 Å². The molecule has 1 atom stereocenters. The van der Waals surface area contributed by atoms with Gasteiger partial charge >= 0.3 is 17.9 Å². The van der Waals surface area contributed by atoms with Crippen LogP contribution in [0, 0.1) is 0 Å². The second kappa shape index (κ2) is 62.9. The molecule has 430 valence electrons. The molecule has 0 aliphatic carbocycles. The van der Waals surface area contributed by atoms with Crippen molar-refractivity contribution < 1.29 is 28.6 Å². The Kier molecular flexibility index (Phi) is 59.8. The SMILES string of the molecule is CC/C=C\C/C=C\C/C=C\C/C=C\C/C=C\CCCCCC(=O)OC[C@@H](COC(=O)CCCCCCCCCCC/C=C\CCCCCCCC)OC(=O)CCCCCCCCCCC/C=C\C/C=C\CCCCC. The fourth-order valence-corrected chi connectivity index (χ4v) is 8.79. The Balaban J connectivity index is 4.45. The van der Waals surface area contributed by atoms with Gasteiger partial charge in [0.15, 0.2) is 6.10 Å². The molecule has 0 radical (unpaired) electrons. The van der Waals surface area contributed by atoms with Gasteiger partial charge in [0.05, 0.1) is 0 Å². The first kappa shape index (κ1) is 71.3. The predicted molar refractivity (Wildman–Crippen MR) is 325 cm³/mol. The predicted octanol–water partition coefficient (Wildman–Crippen LogP) is 21.7. The minimum Gasteiger partial charge on any atom is -0.462 e. The van der Waals surface area contributed by atoms with Crippen LogP contribution < -0.4 is 0 Å². The van der Waals surface area contributed by atoms with E-state index in [4.69, 9.17) is 14.2 Å². The van der Waals surface area contributed by atoms with E-state index in [0.29, 0.717) is 19.3 Å². The van der Waals surface area contributed by atoms with Crippen molar-refractivity contribution >= 4 is 17.9 Å². The number of rotatable bonds is 57. The van der Waals surface area contributed by atoms with Crippen LogP contribution >= 0.6 is 0 Å². The number of hydrogen-bond acceptors (Lipinski definition) is 6. The Bertz CT molecular complexity index is 1480. The Hall–Kier alpha value is -3.67. The number of ether oxygens (including phenoxy) is 3. The molecular weight excluding hydrogens is 925 g/mol. The van der Waals surface area contributed by atoms with Gasteiger partial charge in [-0.1, -0.05) is 259 Å². The van der Waals surface area contributed by atoms with Crippen LogP contribution in [0.5, 0.6) is 0 Å². The molecule has 0 aromatic carbocycles. The van der Waals surface area contributed by atoms with Crippen molar-refractivity contribution in [2.45, 2.75) is 309 Å². The summed E-state index contributed by atoms with van der Waals surface area (Å²) in [5.41, 5.74) is 0. The molecule has 0 aliphatic heterocycles. The maximum atomic E-state index is 12.9. The molecule has 0 amide bonds. The van der Waals surface area contributed by atoms with Crippen LogP contribution in [-0.2, 0) is 28.6 Å². The molecule has 0 aromatic heterocycles. The summed E-state index contributed by atoms with van der Waals surface area (Å²) in [5.74, 6) is -0.921. The van der Waals surface area contributed by atoms with Gasteiger partial charge in [0, 0.05) is 19.3 Å². The first-order valence-electron chi connectivity index (χ1n) is 31.7. The smallest absolute Gasteiger partial charge is 0.306 e. The number of allylic oxidation sites excluding steroid dienone is 16. The highest BCUT2D eigenvalue weighted by molar-refractivity contribution is 5.71. The second-order valence-corrected chi connectivity index (χ2v) is 20.9. The van der Waals surface area contributed by atoms with E-state index < -0.39 is 6.10 Å². The van der Waals surface area contributed by atoms with Gasteiger partial charge in [-0.05, 0) is 122 Å². The molecule has 0 heterocycles. The average molecular weight is 1040 g/mol. The van der Waals surface area contributed by atoms with E-state index in [1.807, 2.05) is 0 Å². The van der Waals surface area contributed by atoms with Crippen LogP contribution in [0.3, 0.4) is 0 Å². The Morgan fingerprint density at radius 2 is 0.520 bits per heavy atom. The normalized spacial score (nSPS) is 12.7. The summed E-state index contributed by atoms with van der Waals surface area (Å²) in [6.07, 6.45) is 84.0. The lowest BCUT2D eigenvalue weighted by molar-refractivity contribution is -0.167. The summed E-state index contributed by atoms with van der Waals surface area (Å²) < 4.78 is 16.9. The molecular formula is C69H118O6. The Labute approximate surface area is 464 Å². The van der Waals surface area contributed by atoms with E-state index in [1.165, 1.54) is 161 Å². The molecule has 0 fully saturated rings. The van der Waals surface area contributed by atoms with Crippen LogP contribution in [0.2, 0.25) is 0 Å². The van der Waals surface area contributed by atoms with E-state index >= 15 is 0 Å². The molecule has 0 aromatic rings. The van der Waals surface area contributed by atoms with Crippen LogP contribution in [-0.4, -0.2) is 37.2 Å². The average Bonchev–Trinajstić information content (AvgIpc) is 3.41. The van der Waals surface area contributed by atoms with Gasteiger partial charge in [-0.15, -0.1) is 0 Å². The van der Waals surface area contributed by atoms with E-state index in [0.717, 1.165) is 103 Å². The largest absolute Gasteiger partial charge is 0.462 e. The second-order valence-electron chi connectivity index (χ2n) is 20.9. The van der Waals surface area contributed by atoms with Crippen molar-refractivity contribution in [3.8, 4) is 0 Å². The van der Waals surface area contributed by atoms with Gasteiger partial charge in [0.2, 0.25) is 0 Å². The summed E-state index contributed by atoms with van der Waals surface area (Å²) in [7, 11) is 0. The molecule has 0 saturated heterocycles. The molecule has 0 unspecified atom stereocenters. The number of unbranched alkanes of at least 4 members (excludes halogenated alkanes) is 30. The molecule has 6 nitrogen and oxygen atoms in total. The van der Waals surface area contributed by atoms with Crippen molar-refractivity contribution in [1.29, 1.82) is 0 Å². The van der Waals surface area contributed by atoms with E-state index in [-0.39, 0.29) is 31.1 Å². The highest BCUT2D eigenvalue weighted by atomic mass is 16.6. The van der Waals surface area contributed by atoms with Gasteiger partial charge in [0.25, 0.3) is 0 Å². The Morgan fingerprint density at radius 3 is 0.867 bits per heavy atom. The summed E-state index contributed by atoms with van der Waals surface area (Å²) in [4.78, 5) is 38.3. The molecule has 0 saturated carbocycles. The topological polar surface area (TPSA) is 78.9 Å². The third kappa shape index (κ3) is 61.1. The number of esters is 3. The lowest BCUT2D eigenvalue weighted by Gasteiger charge is -2.18. The molecule has 0 aliphatic rings. The summed E-state index contributed by atoms with van der Waals surface area (Å²) >= 11 is 0. The zero-order valence-electron chi connectivity index (χ0n) is 49.3. The fraction of sp³-hybridized carbons (Fsp3) is 0.725. The van der Waals surface area contributed by atoms with Gasteiger partial charge < -0.3 is 14.2 Å². The molecule has 0 N–H and O–H groups in total. The lowest BCUT2D eigenvalue weighted by atomic mass is 10.1. The van der Waals surface area contributed by atoms with Gasteiger partial charge in [-0.25, -0.2) is 0 Å². The maximum Gasteiger partial charge on any atom is 0.306 e. The number of hydrogen-bond donors (Lipinski definition) is 0. The zero-order valence-corrected chi connectivity index (χ0v) is 49.3. The van der Waals surface area contributed by atoms with E-state index in [2.05, 4.69) is 118 Å². The summed E-state index contributed by atoms with van der Waals surface area (Å²) in [5, 5.41) is 0. The van der Waals surface area contributed by atoms with Crippen LogP contribution in [0.25, 0.3) is 0 Å². The van der Waals surface area contributed by atoms with Crippen molar-refractivity contribution in [2.75, 3.05) is 13.2 Å². The van der Waals surface area contributed by atoms with Crippen molar-refractivity contribution in [3.63, 3.8) is 0 Å². The number of carbonyl (C=O) groups excluding carboxylic acids is 3. The third-order valence-electron chi connectivity index (χ3n) is 13.5. The lowest BCUT2D eigenvalue weighted by Crippen LogP contribution is -2.30. The van der Waals surface area contributed by atoms with E-state index in [1.54, 1.807) is 0 Å². The van der Waals surface area contributed by atoms with Gasteiger partial charge in [-0.3, -0.25) is 14.4 Å². The van der Waals surface area contributed by atoms with E-state index in [9.17, 15) is 14.4 Å². The first-order valence-corrected chi connectivity index (χ1v) is 31.7. The minimum absolute atomic E-state index is 0.0904. The van der Waals surface area contributed by atoms with Crippen LogP contribution in [0.1, 0.15) is 303 Å². The van der Waals surface area contributed by atoms with Gasteiger partial charge in [-0.2, -0.15) is 0 Å². The molecule has 0 rings (SSSR count). The highest BCUT2D eigenvalue weighted by Crippen LogP contribution is 2.16. The summed E-state index contributed by atoms with van der Waals surface area (Å²) in [6, 6.07) is 0. The van der Waals surface area contributed by atoms with Gasteiger partial charge in [0.1, 0.15) is 13.2 Å². The molecule has 6 heteroatoms. The zero-order chi connectivity index (χ0) is 54.3. The quantitative estimate of drug-likeness (QED) is 0.0261. The molecule has 0 bridgehead atoms. The monoisotopic (exact) mass is 1040 g/mol. The van der Waals surface area contributed by atoms with Crippen molar-refractivity contribution in [1.82, 2.24) is 0 Å². The first-order chi connectivity index (χ1) is 37.0. The molecule has 75 heavy (non-hydrogen) atoms. The molecule has 0 spiro atoms. The number of carbonyl (C=O) groups is 3. The standard InChI is InChI=1S/C69H118O6/c1-4-7-10-13-16-19-22-25-28-31-34-37-40-43-46-49-52-55-58-61-67(70)73-64-66(75-69(72)63-60-57-54-51-48-45-42-39-36-33-30-27-24-21-18-15-12-9-6-3)65-74-68(71)62-59-56-53-50-47-44-41-38-35-32-29-26-23-20-17-14-11-8-5-2/h7,10,16,18-19,21,25-30,34,37,43,46,66H,4-6,8-9,11-15,17,20,22-24,31-33,35-36,38-42,44-45,47-65H2,1-3H3/b10-7-,19-16-,21-18-,28-25-,29-26-,30-27-,37-34-,46-43-/t66-/m0/s1. The highest BCUT2D eigenvalue weighted by Gasteiger charge is 2.19. The third-order valence-corrected chi connectivity index (χ3v) is 13.5. The van der Waals surface area contributed by atoms with Crippen LogP contribution in [0.4, 0.5) is 0 Å². The minimum atomic E-state index is -0.797. The maximum absolute atomic E-state index is 12.9. The Morgan fingerprint density at radius 1 is 0.280 bits per heavy atom. The van der Waals surface area contributed by atoms with Crippen molar-refractivity contribution in [2.24, 2.45) is 0 Å². The van der Waals surface area contributed by atoms with Crippen molar-refractivity contribution in [3.05, 3.63) is 97.2 Å².